The van der Waals surface area contributed by atoms with Crippen LogP contribution in [-0.4, -0.2) is 37.7 Å². The predicted octanol–water partition coefficient (Wildman–Crippen LogP) is 1.40. The number of nitrogens with zero attached hydrogens (tertiary/aromatic N) is 5. The van der Waals surface area contributed by atoms with Gasteiger partial charge in [0.2, 0.25) is 0 Å². The summed E-state index contributed by atoms with van der Waals surface area (Å²) in [6.07, 6.45) is 6.22. The minimum Gasteiger partial charge on any atom is -0.385 e. The monoisotopic (exact) mass is 322 g/mol. The van der Waals surface area contributed by atoms with E-state index in [1.54, 1.807) is 6.20 Å². The molecule has 0 saturated carbocycles. The number of nitrogen functional groups attached to an aromatic ring is 1. The van der Waals surface area contributed by atoms with Crippen molar-refractivity contribution in [3.05, 3.63) is 29.6 Å². The van der Waals surface area contributed by atoms with Gasteiger partial charge >= 0.3 is 0 Å². The van der Waals surface area contributed by atoms with Gasteiger partial charge < -0.3 is 20.3 Å². The second-order valence-corrected chi connectivity index (χ2v) is 5.96. The number of piperidine rings is 1. The fourth-order valence-corrected chi connectivity index (χ4v) is 3.14. The van der Waals surface area contributed by atoms with Crippen molar-refractivity contribution in [2.45, 2.75) is 18.9 Å². The fourth-order valence-electron chi connectivity index (χ4n) is 2.93. The van der Waals surface area contributed by atoms with Crippen LogP contribution < -0.4 is 10.6 Å². The summed E-state index contributed by atoms with van der Waals surface area (Å²) >= 11 is 6.21. The van der Waals surface area contributed by atoms with Crippen LogP contribution in [0.2, 0.25) is 5.02 Å². The molecule has 0 aromatic carbocycles. The molecule has 0 aliphatic carbocycles. The van der Waals surface area contributed by atoms with E-state index >= 15 is 0 Å². The molecule has 118 valence electrons. The van der Waals surface area contributed by atoms with Gasteiger partial charge in [-0.3, -0.25) is 0 Å². The lowest BCUT2D eigenvalue weighted by Crippen LogP contribution is -2.39. The number of imidazole rings is 1. The van der Waals surface area contributed by atoms with Crippen molar-refractivity contribution in [1.29, 1.82) is 0 Å². The average Bonchev–Trinajstić information content (AvgIpc) is 2.95. The molecule has 0 unspecified atom stereocenters. The summed E-state index contributed by atoms with van der Waals surface area (Å²) in [5.41, 5.74) is 5.75. The zero-order chi connectivity index (χ0) is 15.7. The van der Waals surface area contributed by atoms with Gasteiger partial charge in [-0.25, -0.2) is 15.0 Å². The molecule has 2 aromatic heterocycles. The number of aromatic nitrogens is 4. The number of aryl methyl sites for hydroxylation is 1. The fraction of sp³-hybridized carbons (Fsp3) is 0.500. The van der Waals surface area contributed by atoms with Crippen molar-refractivity contribution in [2.75, 3.05) is 23.7 Å². The van der Waals surface area contributed by atoms with Crippen LogP contribution in [0.4, 0.5) is 11.6 Å². The molecule has 0 amide bonds. The van der Waals surface area contributed by atoms with E-state index in [0.29, 0.717) is 23.2 Å². The van der Waals surface area contributed by atoms with Crippen molar-refractivity contribution >= 4 is 23.2 Å². The molecule has 0 radical (unpaired) electrons. The van der Waals surface area contributed by atoms with E-state index in [2.05, 4.69) is 19.9 Å². The van der Waals surface area contributed by atoms with Gasteiger partial charge in [0.1, 0.15) is 29.1 Å². The summed E-state index contributed by atoms with van der Waals surface area (Å²) in [5, 5.41) is 11.0. The summed E-state index contributed by atoms with van der Waals surface area (Å²) in [6.45, 7) is 1.49. The number of halogens is 1. The average molecular weight is 323 g/mol. The molecule has 1 aliphatic heterocycles. The van der Waals surface area contributed by atoms with Crippen molar-refractivity contribution in [3.63, 3.8) is 0 Å². The van der Waals surface area contributed by atoms with Gasteiger partial charge in [0, 0.05) is 38.4 Å². The number of anilines is 2. The molecule has 1 saturated heterocycles. The molecule has 1 aliphatic rings. The van der Waals surface area contributed by atoms with Crippen molar-refractivity contribution in [2.24, 2.45) is 13.0 Å². The lowest BCUT2D eigenvalue weighted by Gasteiger charge is -2.35. The van der Waals surface area contributed by atoms with Gasteiger partial charge in [0.25, 0.3) is 0 Å². The summed E-state index contributed by atoms with van der Waals surface area (Å²) in [5.74, 6) is 1.66. The van der Waals surface area contributed by atoms with Crippen molar-refractivity contribution in [3.8, 4) is 0 Å². The smallest absolute Gasteiger partial charge is 0.153 e. The normalized spacial score (nSPS) is 20.1. The van der Waals surface area contributed by atoms with Gasteiger partial charge in [0.05, 0.1) is 0 Å². The van der Waals surface area contributed by atoms with Crippen molar-refractivity contribution < 1.29 is 5.11 Å². The quantitative estimate of drug-likeness (QED) is 0.887. The predicted molar refractivity (Wildman–Crippen MR) is 84.6 cm³/mol. The van der Waals surface area contributed by atoms with Crippen LogP contribution in [0.5, 0.6) is 0 Å². The second kappa shape index (κ2) is 6.10. The number of rotatable bonds is 3. The Labute approximate surface area is 133 Å². The maximum Gasteiger partial charge on any atom is 0.153 e. The third-order valence-electron chi connectivity index (χ3n) is 4.12. The van der Waals surface area contributed by atoms with Crippen LogP contribution in [0, 0.1) is 5.92 Å². The highest BCUT2D eigenvalue weighted by atomic mass is 35.5. The highest BCUT2D eigenvalue weighted by Crippen LogP contribution is 2.34. The first-order valence-electron chi connectivity index (χ1n) is 7.24. The molecule has 0 spiro atoms. The molecule has 0 bridgehead atoms. The van der Waals surface area contributed by atoms with E-state index in [-0.39, 0.29) is 11.7 Å². The van der Waals surface area contributed by atoms with Gasteiger partial charge in [0.15, 0.2) is 5.82 Å². The summed E-state index contributed by atoms with van der Waals surface area (Å²) in [6, 6.07) is 0. The first kappa shape index (κ1) is 15.1. The molecule has 1 fully saturated rings. The summed E-state index contributed by atoms with van der Waals surface area (Å²) in [4.78, 5) is 14.4. The van der Waals surface area contributed by atoms with E-state index in [9.17, 15) is 5.11 Å². The Morgan fingerprint density at radius 1 is 1.41 bits per heavy atom. The van der Waals surface area contributed by atoms with E-state index in [1.807, 2.05) is 17.8 Å². The van der Waals surface area contributed by atoms with Crippen molar-refractivity contribution in [1.82, 2.24) is 19.5 Å². The van der Waals surface area contributed by atoms with Crippen LogP contribution in [0.25, 0.3) is 0 Å². The van der Waals surface area contributed by atoms with Gasteiger partial charge in [-0.05, 0) is 12.8 Å². The van der Waals surface area contributed by atoms with Gasteiger partial charge in [-0.1, -0.05) is 11.6 Å². The summed E-state index contributed by atoms with van der Waals surface area (Å²) in [7, 11) is 1.88. The van der Waals surface area contributed by atoms with Crippen LogP contribution in [0.3, 0.4) is 0 Å². The van der Waals surface area contributed by atoms with Gasteiger partial charge in [-0.15, -0.1) is 0 Å². The van der Waals surface area contributed by atoms with Crippen LogP contribution in [0.15, 0.2) is 18.7 Å². The molecule has 3 N–H and O–H groups in total. The largest absolute Gasteiger partial charge is 0.385 e. The van der Waals surface area contributed by atoms with Gasteiger partial charge in [-0.2, -0.15) is 0 Å². The van der Waals surface area contributed by atoms with E-state index in [0.717, 1.165) is 19.4 Å². The van der Waals surface area contributed by atoms with Crippen LogP contribution in [-0.2, 0) is 7.05 Å². The minimum absolute atomic E-state index is 0.0714. The number of nitrogens with two attached hydrogens (primary N) is 1. The van der Waals surface area contributed by atoms with Crippen LogP contribution >= 0.6 is 11.6 Å². The maximum absolute atomic E-state index is 10.6. The molecule has 8 heteroatoms. The Bertz CT molecular complexity index is 661. The highest BCUT2D eigenvalue weighted by molar-refractivity contribution is 6.35. The second-order valence-electron chi connectivity index (χ2n) is 5.59. The Kier molecular flexibility index (Phi) is 4.17. The third kappa shape index (κ3) is 2.74. The number of hydrogen-bond donors (Lipinski definition) is 2. The maximum atomic E-state index is 10.6. The standard InChI is InChI=1S/C14H19ClN6O/c1-20-6-4-17-14(20)11(22)9-3-2-5-21(7-9)13-10(15)12(16)18-8-19-13/h4,6,8-9,11,22H,2-3,5,7H2,1H3,(H2,16,18,19)/t9-,11+/m1/s1. The molecule has 3 heterocycles. The SMILES string of the molecule is Cn1ccnc1[C@@H](O)[C@@H]1CCCN(c2ncnc(N)c2Cl)C1. The number of aliphatic hydroxyl groups excluding tert-OH is 1. The Morgan fingerprint density at radius 3 is 2.95 bits per heavy atom. The first-order chi connectivity index (χ1) is 10.6. The molecule has 2 atom stereocenters. The zero-order valence-corrected chi connectivity index (χ0v) is 13.1. The molecular weight excluding hydrogens is 304 g/mol. The Balaban J connectivity index is 1.80. The molecule has 7 nitrogen and oxygen atoms in total. The number of aliphatic hydroxyl groups is 1. The Morgan fingerprint density at radius 2 is 2.23 bits per heavy atom. The molecular formula is C14H19ClN6O. The number of hydrogen-bond acceptors (Lipinski definition) is 6. The van der Waals surface area contributed by atoms with E-state index in [1.165, 1.54) is 6.33 Å². The lowest BCUT2D eigenvalue weighted by molar-refractivity contribution is 0.0874. The van der Waals surface area contributed by atoms with E-state index in [4.69, 9.17) is 17.3 Å². The third-order valence-corrected chi connectivity index (χ3v) is 4.49. The summed E-state index contributed by atoms with van der Waals surface area (Å²) < 4.78 is 1.85. The molecule has 3 rings (SSSR count). The highest BCUT2D eigenvalue weighted by Gasteiger charge is 2.30. The van der Waals surface area contributed by atoms with Crippen LogP contribution in [0.1, 0.15) is 24.8 Å². The Hall–Kier alpha value is -1.86. The molecule has 2 aromatic rings. The minimum atomic E-state index is -0.610. The first-order valence-corrected chi connectivity index (χ1v) is 7.62. The topological polar surface area (TPSA) is 93.1 Å². The van der Waals surface area contributed by atoms with E-state index < -0.39 is 6.10 Å². The lowest BCUT2D eigenvalue weighted by atomic mass is 9.92. The molecule has 22 heavy (non-hydrogen) atoms. The zero-order valence-electron chi connectivity index (χ0n) is 12.4.